The van der Waals surface area contributed by atoms with E-state index in [1.807, 2.05) is 0 Å². The smallest absolute Gasteiger partial charge is 0.310 e. The second-order valence-electron chi connectivity index (χ2n) is 3.13. The number of carbonyl (C=O) groups is 1. The molecule has 1 aromatic heterocycles. The van der Waals surface area contributed by atoms with Gasteiger partial charge in [-0.05, 0) is 11.6 Å². The van der Waals surface area contributed by atoms with E-state index < -0.39 is 18.1 Å². The van der Waals surface area contributed by atoms with Gasteiger partial charge in [0.05, 0.1) is 19.1 Å². The first-order valence-corrected chi connectivity index (χ1v) is 4.54. The van der Waals surface area contributed by atoms with Crippen LogP contribution in [0.15, 0.2) is 6.07 Å². The summed E-state index contributed by atoms with van der Waals surface area (Å²) in [6.45, 7) is 0. The number of pyridine rings is 1. The van der Waals surface area contributed by atoms with Gasteiger partial charge in [0.25, 0.3) is 6.43 Å². The fourth-order valence-corrected chi connectivity index (χ4v) is 1.23. The van der Waals surface area contributed by atoms with Gasteiger partial charge < -0.3 is 10.5 Å². The monoisotopic (exact) mass is 241 g/mol. The van der Waals surface area contributed by atoms with E-state index in [-0.39, 0.29) is 23.4 Å². The number of anilines is 1. The third kappa shape index (κ3) is 2.87. The van der Waals surface area contributed by atoms with Crippen molar-refractivity contribution in [2.24, 2.45) is 0 Å². The summed E-state index contributed by atoms with van der Waals surface area (Å²) >= 11 is 0. The number of carbonyl (C=O) groups excluding carboxylic acids is 1. The van der Waals surface area contributed by atoms with Crippen LogP contribution in [0, 0.1) is 11.3 Å². The summed E-state index contributed by atoms with van der Waals surface area (Å²) in [6.07, 6.45) is -3.25. The number of hydrogen-bond acceptors (Lipinski definition) is 5. The SMILES string of the molecule is COC(=O)Cc1cc(C#N)c(N)nc1C(F)F. The first-order valence-electron chi connectivity index (χ1n) is 4.54. The molecule has 0 aliphatic carbocycles. The van der Waals surface area contributed by atoms with Gasteiger partial charge in [0, 0.05) is 0 Å². The maximum absolute atomic E-state index is 12.6. The van der Waals surface area contributed by atoms with Crippen molar-refractivity contribution < 1.29 is 18.3 Å². The molecule has 0 aliphatic rings. The molecule has 0 unspecified atom stereocenters. The molecule has 0 saturated heterocycles. The topological polar surface area (TPSA) is 89.0 Å². The molecule has 0 bridgehead atoms. The highest BCUT2D eigenvalue weighted by atomic mass is 19.3. The molecule has 1 aromatic rings. The number of esters is 1. The van der Waals surface area contributed by atoms with Crippen molar-refractivity contribution in [2.75, 3.05) is 12.8 Å². The molecule has 0 spiro atoms. The van der Waals surface area contributed by atoms with Crippen molar-refractivity contribution in [3.05, 3.63) is 22.9 Å². The maximum Gasteiger partial charge on any atom is 0.310 e. The number of nitrogen functional groups attached to an aromatic ring is 1. The highest BCUT2D eigenvalue weighted by Gasteiger charge is 2.19. The van der Waals surface area contributed by atoms with Crippen molar-refractivity contribution in [2.45, 2.75) is 12.8 Å². The second-order valence-corrected chi connectivity index (χ2v) is 3.13. The summed E-state index contributed by atoms with van der Waals surface area (Å²) in [5.74, 6) is -0.973. The Hall–Kier alpha value is -2.23. The molecule has 0 fully saturated rings. The van der Waals surface area contributed by atoms with Crippen LogP contribution in [0.2, 0.25) is 0 Å². The zero-order valence-corrected chi connectivity index (χ0v) is 8.91. The molecule has 0 aromatic carbocycles. The number of nitriles is 1. The molecule has 0 amide bonds. The van der Waals surface area contributed by atoms with E-state index in [2.05, 4.69) is 9.72 Å². The Morgan fingerprint density at radius 3 is 2.82 bits per heavy atom. The second kappa shape index (κ2) is 5.21. The average molecular weight is 241 g/mol. The van der Waals surface area contributed by atoms with E-state index in [1.54, 1.807) is 6.07 Å². The molecular formula is C10H9F2N3O2. The summed E-state index contributed by atoms with van der Waals surface area (Å²) in [7, 11) is 1.14. The molecule has 0 aliphatic heterocycles. The lowest BCUT2D eigenvalue weighted by Gasteiger charge is -2.09. The number of halogens is 2. The van der Waals surface area contributed by atoms with Gasteiger partial charge in [-0.25, -0.2) is 13.8 Å². The van der Waals surface area contributed by atoms with E-state index in [4.69, 9.17) is 11.0 Å². The molecule has 5 nitrogen and oxygen atoms in total. The van der Waals surface area contributed by atoms with Gasteiger partial charge >= 0.3 is 5.97 Å². The predicted molar refractivity (Wildman–Crippen MR) is 54.0 cm³/mol. The number of aromatic nitrogens is 1. The molecule has 1 rings (SSSR count). The van der Waals surface area contributed by atoms with Crippen LogP contribution in [-0.2, 0) is 16.0 Å². The average Bonchev–Trinajstić information content (AvgIpc) is 2.30. The number of hydrogen-bond donors (Lipinski definition) is 1. The Kier molecular flexibility index (Phi) is 3.93. The lowest BCUT2D eigenvalue weighted by atomic mass is 10.1. The Labute approximate surface area is 95.8 Å². The molecule has 0 atom stereocenters. The lowest BCUT2D eigenvalue weighted by Crippen LogP contribution is -2.10. The van der Waals surface area contributed by atoms with Gasteiger partial charge in [-0.1, -0.05) is 0 Å². The Balaban J connectivity index is 3.25. The molecule has 90 valence electrons. The highest BCUT2D eigenvalue weighted by Crippen LogP contribution is 2.24. The van der Waals surface area contributed by atoms with E-state index in [9.17, 15) is 13.6 Å². The van der Waals surface area contributed by atoms with Gasteiger partial charge in [-0.15, -0.1) is 0 Å². The third-order valence-electron chi connectivity index (χ3n) is 2.05. The van der Waals surface area contributed by atoms with Crippen LogP contribution in [0.3, 0.4) is 0 Å². The van der Waals surface area contributed by atoms with Gasteiger partial charge in [-0.3, -0.25) is 4.79 Å². The standard InChI is InChI=1S/C10H9F2N3O2/c1-17-7(16)3-5-2-6(4-13)10(14)15-8(5)9(11)12/h2,9H,3H2,1H3,(H2,14,15). The number of ether oxygens (including phenoxy) is 1. The number of nitrogens with two attached hydrogens (primary N) is 1. The Morgan fingerprint density at radius 1 is 1.71 bits per heavy atom. The normalized spacial score (nSPS) is 10.1. The summed E-state index contributed by atoms with van der Waals surface area (Å²) in [5.41, 5.74) is 4.61. The van der Waals surface area contributed by atoms with E-state index in [0.717, 1.165) is 13.2 Å². The van der Waals surface area contributed by atoms with E-state index >= 15 is 0 Å². The number of nitrogens with zero attached hydrogens (tertiary/aromatic N) is 2. The van der Waals surface area contributed by atoms with Crippen LogP contribution in [0.4, 0.5) is 14.6 Å². The van der Waals surface area contributed by atoms with E-state index in [1.165, 1.54) is 0 Å². The third-order valence-corrected chi connectivity index (χ3v) is 2.05. The van der Waals surface area contributed by atoms with Crippen LogP contribution in [-0.4, -0.2) is 18.1 Å². The van der Waals surface area contributed by atoms with Crippen LogP contribution in [0.25, 0.3) is 0 Å². The first-order chi connectivity index (χ1) is 7.99. The fourth-order valence-electron chi connectivity index (χ4n) is 1.23. The summed E-state index contributed by atoms with van der Waals surface area (Å²) in [5, 5.41) is 8.69. The van der Waals surface area contributed by atoms with Crippen LogP contribution in [0.5, 0.6) is 0 Å². The van der Waals surface area contributed by atoms with Crippen LogP contribution >= 0.6 is 0 Å². The number of methoxy groups -OCH3 is 1. The van der Waals surface area contributed by atoms with Gasteiger partial charge in [0.15, 0.2) is 0 Å². The zero-order chi connectivity index (χ0) is 13.0. The number of rotatable bonds is 3. The van der Waals surface area contributed by atoms with E-state index in [0.29, 0.717) is 0 Å². The molecule has 0 saturated carbocycles. The lowest BCUT2D eigenvalue weighted by molar-refractivity contribution is -0.139. The van der Waals surface area contributed by atoms with Crippen molar-refractivity contribution in [3.8, 4) is 6.07 Å². The Bertz CT molecular complexity index is 483. The van der Waals surface area contributed by atoms with Crippen molar-refractivity contribution in [1.82, 2.24) is 4.98 Å². The van der Waals surface area contributed by atoms with Crippen LogP contribution < -0.4 is 5.73 Å². The summed E-state index contributed by atoms with van der Waals surface area (Å²) in [6, 6.07) is 2.83. The molecule has 1 heterocycles. The highest BCUT2D eigenvalue weighted by molar-refractivity contribution is 5.73. The first kappa shape index (κ1) is 12.8. The largest absolute Gasteiger partial charge is 0.469 e. The quantitative estimate of drug-likeness (QED) is 0.803. The minimum absolute atomic E-state index is 0.0479. The molecule has 0 radical (unpaired) electrons. The zero-order valence-electron chi connectivity index (χ0n) is 8.91. The molecular weight excluding hydrogens is 232 g/mol. The minimum atomic E-state index is -2.87. The molecule has 2 N–H and O–H groups in total. The van der Waals surface area contributed by atoms with Gasteiger partial charge in [-0.2, -0.15) is 5.26 Å². The molecule has 7 heteroatoms. The van der Waals surface area contributed by atoms with Crippen molar-refractivity contribution in [1.29, 1.82) is 5.26 Å². The maximum atomic E-state index is 12.6. The van der Waals surface area contributed by atoms with Gasteiger partial charge in [0.2, 0.25) is 0 Å². The number of alkyl halides is 2. The van der Waals surface area contributed by atoms with Crippen molar-refractivity contribution in [3.63, 3.8) is 0 Å². The van der Waals surface area contributed by atoms with Crippen molar-refractivity contribution >= 4 is 11.8 Å². The molecule has 17 heavy (non-hydrogen) atoms. The van der Waals surface area contributed by atoms with Gasteiger partial charge in [0.1, 0.15) is 17.6 Å². The fraction of sp³-hybridized carbons (Fsp3) is 0.300. The minimum Gasteiger partial charge on any atom is -0.469 e. The summed E-state index contributed by atoms with van der Waals surface area (Å²) < 4.78 is 29.7. The van der Waals surface area contributed by atoms with Crippen LogP contribution in [0.1, 0.15) is 23.2 Å². The predicted octanol–water partition coefficient (Wildman–Crippen LogP) is 1.19. The summed E-state index contributed by atoms with van der Waals surface area (Å²) in [4.78, 5) is 14.5. The Morgan fingerprint density at radius 2 is 2.35 bits per heavy atom.